The number of amides is 1. The van der Waals surface area contributed by atoms with Gasteiger partial charge in [-0.2, -0.15) is 0 Å². The van der Waals surface area contributed by atoms with Crippen LogP contribution < -0.4 is 16.6 Å². The van der Waals surface area contributed by atoms with Crippen molar-refractivity contribution in [2.24, 2.45) is 7.05 Å². The first-order valence-corrected chi connectivity index (χ1v) is 8.50. The van der Waals surface area contributed by atoms with Crippen LogP contribution >= 0.6 is 0 Å². The van der Waals surface area contributed by atoms with Gasteiger partial charge in [-0.3, -0.25) is 19.1 Å². The second-order valence-electron chi connectivity index (χ2n) is 6.14. The Hall–Kier alpha value is -3.22. The number of hydrogen-bond acceptors (Lipinski definition) is 4. The number of nitrogens with one attached hydrogen (secondary N) is 2. The average Bonchev–Trinajstić information content (AvgIpc) is 2.65. The monoisotopic (exact) mass is 352 g/mol. The molecule has 7 heteroatoms. The van der Waals surface area contributed by atoms with Crippen molar-refractivity contribution in [1.29, 1.82) is 0 Å². The molecule has 0 fully saturated rings. The molecule has 26 heavy (non-hydrogen) atoms. The smallest absolute Gasteiger partial charge is 0.321 e. The highest BCUT2D eigenvalue weighted by Gasteiger charge is 2.12. The number of aromatic amines is 1. The van der Waals surface area contributed by atoms with Crippen LogP contribution in [0.15, 0.2) is 46.0 Å². The van der Waals surface area contributed by atoms with Gasteiger partial charge in [0.1, 0.15) is 11.3 Å². The van der Waals surface area contributed by atoms with Crippen molar-refractivity contribution in [2.75, 3.05) is 5.32 Å². The summed E-state index contributed by atoms with van der Waals surface area (Å²) >= 11 is 0. The van der Waals surface area contributed by atoms with Crippen LogP contribution in [0.1, 0.15) is 35.8 Å². The SMILES string of the molecule is CCCCc1ccc(NC(=O)c2ccc3c(=O)[nH]c(=O)n(C)c3n2)cc1. The topological polar surface area (TPSA) is 96.9 Å². The summed E-state index contributed by atoms with van der Waals surface area (Å²) in [7, 11) is 1.49. The highest BCUT2D eigenvalue weighted by Crippen LogP contribution is 2.13. The minimum atomic E-state index is -0.574. The van der Waals surface area contributed by atoms with Crippen LogP contribution in [-0.4, -0.2) is 20.4 Å². The third-order valence-electron chi connectivity index (χ3n) is 4.23. The number of aryl methyl sites for hydroxylation is 2. The quantitative estimate of drug-likeness (QED) is 0.736. The largest absolute Gasteiger partial charge is 0.329 e. The fraction of sp³-hybridized carbons (Fsp3) is 0.263. The molecule has 134 valence electrons. The van der Waals surface area contributed by atoms with E-state index in [4.69, 9.17) is 0 Å². The molecule has 0 bridgehead atoms. The number of pyridine rings is 1. The Morgan fingerprint density at radius 1 is 1.15 bits per heavy atom. The van der Waals surface area contributed by atoms with Gasteiger partial charge in [0.2, 0.25) is 0 Å². The normalized spacial score (nSPS) is 10.8. The summed E-state index contributed by atoms with van der Waals surface area (Å²) in [6.45, 7) is 2.15. The lowest BCUT2D eigenvalue weighted by molar-refractivity contribution is 0.102. The van der Waals surface area contributed by atoms with Gasteiger partial charge in [-0.25, -0.2) is 9.78 Å². The van der Waals surface area contributed by atoms with Gasteiger partial charge >= 0.3 is 5.69 Å². The number of hydrogen-bond donors (Lipinski definition) is 2. The zero-order valence-corrected chi connectivity index (χ0v) is 14.7. The maximum Gasteiger partial charge on any atom is 0.329 e. The lowest BCUT2D eigenvalue weighted by atomic mass is 10.1. The summed E-state index contributed by atoms with van der Waals surface area (Å²) in [5.74, 6) is -0.402. The Bertz CT molecular complexity index is 1060. The Balaban J connectivity index is 1.85. The van der Waals surface area contributed by atoms with Crippen LogP contribution in [-0.2, 0) is 13.5 Å². The molecule has 0 saturated heterocycles. The highest BCUT2D eigenvalue weighted by atomic mass is 16.2. The predicted octanol–water partition coefficient (Wildman–Crippen LogP) is 2.22. The number of benzene rings is 1. The van der Waals surface area contributed by atoms with Crippen molar-refractivity contribution in [3.63, 3.8) is 0 Å². The van der Waals surface area contributed by atoms with Crippen molar-refractivity contribution in [2.45, 2.75) is 26.2 Å². The van der Waals surface area contributed by atoms with Crippen molar-refractivity contribution >= 4 is 22.6 Å². The van der Waals surface area contributed by atoms with E-state index in [1.54, 1.807) is 0 Å². The first-order chi connectivity index (χ1) is 12.5. The third kappa shape index (κ3) is 3.56. The number of nitrogens with zero attached hydrogens (tertiary/aromatic N) is 2. The number of H-pyrrole nitrogens is 1. The number of anilines is 1. The lowest BCUT2D eigenvalue weighted by Gasteiger charge is -2.08. The molecule has 0 radical (unpaired) electrons. The number of fused-ring (bicyclic) bond motifs is 1. The molecular weight excluding hydrogens is 332 g/mol. The predicted molar refractivity (Wildman–Crippen MR) is 101 cm³/mol. The number of carbonyl (C=O) groups excluding carboxylic acids is 1. The summed E-state index contributed by atoms with van der Waals surface area (Å²) in [4.78, 5) is 42.4. The van der Waals surface area contributed by atoms with E-state index in [-0.39, 0.29) is 16.7 Å². The second-order valence-corrected chi connectivity index (χ2v) is 6.14. The summed E-state index contributed by atoms with van der Waals surface area (Å²) in [6.07, 6.45) is 3.28. The molecule has 0 aliphatic heterocycles. The van der Waals surface area contributed by atoms with E-state index in [1.165, 1.54) is 29.3 Å². The lowest BCUT2D eigenvalue weighted by Crippen LogP contribution is -2.29. The average molecular weight is 352 g/mol. The minimum absolute atomic E-state index is 0.133. The van der Waals surface area contributed by atoms with Crippen LogP contribution in [0.2, 0.25) is 0 Å². The first-order valence-electron chi connectivity index (χ1n) is 8.50. The molecule has 0 aliphatic rings. The standard InChI is InChI=1S/C19H20N4O3/c1-3-4-5-12-6-8-13(9-7-12)20-18(25)15-11-10-14-16(21-15)23(2)19(26)22-17(14)24/h6-11H,3-5H2,1-2H3,(H,20,25)(H,22,24,26). The first kappa shape index (κ1) is 17.6. The molecule has 0 atom stereocenters. The molecule has 7 nitrogen and oxygen atoms in total. The summed E-state index contributed by atoms with van der Waals surface area (Å²) in [5, 5.41) is 3.03. The van der Waals surface area contributed by atoms with Gasteiger partial charge in [-0.1, -0.05) is 25.5 Å². The fourth-order valence-corrected chi connectivity index (χ4v) is 2.68. The Kier molecular flexibility index (Phi) is 4.97. The molecule has 0 unspecified atom stereocenters. The number of unbranched alkanes of at least 4 members (excludes halogenated alkanes) is 1. The van der Waals surface area contributed by atoms with Crippen molar-refractivity contribution in [3.05, 3.63) is 68.5 Å². The molecular formula is C19H20N4O3. The second kappa shape index (κ2) is 7.35. The van der Waals surface area contributed by atoms with Crippen LogP contribution in [0.4, 0.5) is 5.69 Å². The summed E-state index contributed by atoms with van der Waals surface area (Å²) in [5.41, 5.74) is 1.09. The molecule has 0 spiro atoms. The number of carbonyl (C=O) groups is 1. The number of rotatable bonds is 5. The Morgan fingerprint density at radius 3 is 2.58 bits per heavy atom. The van der Waals surface area contributed by atoms with Gasteiger partial charge in [0, 0.05) is 12.7 Å². The van der Waals surface area contributed by atoms with E-state index >= 15 is 0 Å². The van der Waals surface area contributed by atoms with Gasteiger partial charge < -0.3 is 5.32 Å². The van der Waals surface area contributed by atoms with Gasteiger partial charge in [-0.15, -0.1) is 0 Å². The maximum absolute atomic E-state index is 12.4. The Morgan fingerprint density at radius 2 is 1.88 bits per heavy atom. The van der Waals surface area contributed by atoms with Crippen LogP contribution in [0.5, 0.6) is 0 Å². The maximum atomic E-state index is 12.4. The van der Waals surface area contributed by atoms with E-state index in [0.29, 0.717) is 5.69 Å². The van der Waals surface area contributed by atoms with Gasteiger partial charge in [0.15, 0.2) is 0 Å². The minimum Gasteiger partial charge on any atom is -0.321 e. The van der Waals surface area contributed by atoms with E-state index in [9.17, 15) is 14.4 Å². The molecule has 0 aliphatic carbocycles. The zero-order chi connectivity index (χ0) is 18.7. The molecule has 0 saturated carbocycles. The molecule has 2 aromatic heterocycles. The van der Waals surface area contributed by atoms with E-state index in [1.807, 2.05) is 24.3 Å². The van der Waals surface area contributed by atoms with Gasteiger partial charge in [0.05, 0.1) is 5.39 Å². The van der Waals surface area contributed by atoms with E-state index in [2.05, 4.69) is 22.2 Å². The molecule has 1 amide bonds. The van der Waals surface area contributed by atoms with Gasteiger partial charge in [0.25, 0.3) is 11.5 Å². The van der Waals surface area contributed by atoms with Crippen LogP contribution in [0, 0.1) is 0 Å². The molecule has 2 heterocycles. The fourth-order valence-electron chi connectivity index (χ4n) is 2.68. The van der Waals surface area contributed by atoms with Gasteiger partial charge in [-0.05, 0) is 42.7 Å². The van der Waals surface area contributed by atoms with Crippen molar-refractivity contribution < 1.29 is 4.79 Å². The van der Waals surface area contributed by atoms with E-state index in [0.717, 1.165) is 19.3 Å². The van der Waals surface area contributed by atoms with E-state index < -0.39 is 17.2 Å². The molecule has 3 aromatic rings. The number of aromatic nitrogens is 3. The summed E-state index contributed by atoms with van der Waals surface area (Å²) < 4.78 is 1.20. The summed E-state index contributed by atoms with van der Waals surface area (Å²) in [6, 6.07) is 10.6. The van der Waals surface area contributed by atoms with Crippen LogP contribution in [0.3, 0.4) is 0 Å². The highest BCUT2D eigenvalue weighted by molar-refractivity contribution is 6.03. The molecule has 2 N–H and O–H groups in total. The third-order valence-corrected chi connectivity index (χ3v) is 4.23. The van der Waals surface area contributed by atoms with Crippen molar-refractivity contribution in [1.82, 2.24) is 14.5 Å². The Labute approximate surface area is 149 Å². The molecule has 1 aromatic carbocycles. The van der Waals surface area contributed by atoms with Crippen molar-refractivity contribution in [3.8, 4) is 0 Å². The molecule has 3 rings (SSSR count). The van der Waals surface area contributed by atoms with Crippen LogP contribution in [0.25, 0.3) is 11.0 Å². The zero-order valence-electron chi connectivity index (χ0n) is 14.7.